The Hall–Kier alpha value is -8.69. The highest BCUT2D eigenvalue weighted by Crippen LogP contribution is 2.40. The Labute approximate surface area is 538 Å². The van der Waals surface area contributed by atoms with E-state index in [2.05, 4.69) is 45.0 Å². The van der Waals surface area contributed by atoms with Crippen LogP contribution in [0.1, 0.15) is 88.7 Å². The Morgan fingerprint density at radius 3 is 1.58 bits per heavy atom. The van der Waals surface area contributed by atoms with Crippen molar-refractivity contribution in [1.82, 2.24) is 64.4 Å². The summed E-state index contributed by atoms with van der Waals surface area (Å²) >= 11 is 23.8. The van der Waals surface area contributed by atoms with E-state index in [1.165, 1.54) is 64.9 Å². The van der Waals surface area contributed by atoms with E-state index >= 15 is 0 Å². The number of ether oxygens (including phenoxy) is 1. The van der Waals surface area contributed by atoms with Crippen LogP contribution in [0.3, 0.4) is 0 Å². The van der Waals surface area contributed by atoms with Crippen LogP contribution in [0, 0.1) is 24.6 Å². The highest BCUT2D eigenvalue weighted by atomic mass is 35.5. The molecular formula is C62H48Cl4F9N13O4. The molecule has 6 aromatic heterocycles. The quantitative estimate of drug-likeness (QED) is 0.0754. The topological polar surface area (TPSA) is 191 Å². The number of pyridine rings is 2. The molecule has 9 heterocycles. The third kappa shape index (κ3) is 14.3. The van der Waals surface area contributed by atoms with Gasteiger partial charge in [-0.15, -0.1) is 0 Å². The number of hydrogen-bond acceptors (Lipinski definition) is 13. The number of hydrogen-bond donors (Lipinski definition) is 0. The van der Waals surface area contributed by atoms with Gasteiger partial charge in [0.1, 0.15) is 30.0 Å². The molecule has 1 atom stereocenters. The number of amides is 3. The lowest BCUT2D eigenvalue weighted by Crippen LogP contribution is -2.43. The average molecular weight is 1350 g/mol. The number of halogens is 13. The molecule has 0 aliphatic carbocycles. The van der Waals surface area contributed by atoms with Crippen molar-refractivity contribution in [2.45, 2.75) is 77.7 Å². The summed E-state index contributed by atoms with van der Waals surface area (Å²) in [6.45, 7) is 5.69. The normalized spacial score (nSPS) is 14.5. The summed E-state index contributed by atoms with van der Waals surface area (Å²) in [6.07, 6.45) is -3.61. The van der Waals surface area contributed by atoms with Crippen LogP contribution in [-0.4, -0.2) is 115 Å². The second-order valence-corrected chi connectivity index (χ2v) is 22.5. The fourth-order valence-corrected chi connectivity index (χ4v) is 11.6. The lowest BCUT2D eigenvalue weighted by molar-refractivity contribution is -0.138. The number of rotatable bonds is 9. The molecule has 30 heteroatoms. The van der Waals surface area contributed by atoms with Crippen LogP contribution >= 0.6 is 46.4 Å². The summed E-state index contributed by atoms with van der Waals surface area (Å²) in [7, 11) is 1.62. The Bertz CT molecular complexity index is 4310. The minimum Gasteiger partial charge on any atom is -0.383 e. The van der Waals surface area contributed by atoms with E-state index in [-0.39, 0.29) is 64.9 Å². The van der Waals surface area contributed by atoms with Crippen molar-refractivity contribution in [2.24, 2.45) is 0 Å². The molecule has 0 unspecified atom stereocenters. The first-order chi connectivity index (χ1) is 43.8. The van der Waals surface area contributed by atoms with Gasteiger partial charge in [-0.05, 0) is 99.8 Å². The molecule has 0 radical (unpaired) electrons. The van der Waals surface area contributed by atoms with Crippen LogP contribution in [0.5, 0.6) is 0 Å². The van der Waals surface area contributed by atoms with Crippen molar-refractivity contribution in [3.63, 3.8) is 0 Å². The Morgan fingerprint density at radius 1 is 0.554 bits per heavy atom. The molecule has 92 heavy (non-hydrogen) atoms. The van der Waals surface area contributed by atoms with Crippen LogP contribution in [-0.2, 0) is 62.5 Å². The highest BCUT2D eigenvalue weighted by Gasteiger charge is 2.39. The summed E-state index contributed by atoms with van der Waals surface area (Å²) in [5, 5.41) is 2.94. The molecule has 12 rings (SSSR count). The summed E-state index contributed by atoms with van der Waals surface area (Å²) in [5.41, 5.74) is 4.95. The van der Waals surface area contributed by atoms with E-state index in [0.29, 0.717) is 96.0 Å². The van der Waals surface area contributed by atoms with Crippen molar-refractivity contribution in [3.8, 4) is 34.2 Å². The zero-order valence-electron chi connectivity index (χ0n) is 48.4. The maximum atomic E-state index is 13.5. The van der Waals surface area contributed by atoms with Gasteiger partial charge in [-0.25, -0.2) is 44.3 Å². The molecule has 0 bridgehead atoms. The highest BCUT2D eigenvalue weighted by molar-refractivity contribution is 6.44. The van der Waals surface area contributed by atoms with Gasteiger partial charge in [0, 0.05) is 49.1 Å². The molecule has 0 saturated heterocycles. The van der Waals surface area contributed by atoms with Crippen molar-refractivity contribution in [2.75, 3.05) is 26.8 Å². The summed E-state index contributed by atoms with van der Waals surface area (Å²) in [4.78, 5) is 77.1. The molecule has 3 aromatic carbocycles. The zero-order valence-corrected chi connectivity index (χ0v) is 51.4. The van der Waals surface area contributed by atoms with Crippen molar-refractivity contribution in [3.05, 3.63) is 215 Å². The standard InChI is InChI=1S/C23H23ClF3N5O2.C20H13ClF4N4O.C19H12Cl2F2N4O/c1-13-11-16-19(28-14(2)29-21(16)18-7-8-31(30-18)9-10-34-3)12-32(13)22(33)15-5-4-6-17(20(15)24)23(25,26)27;21-17-12(3-1-4-13(17)20(23,24)25)19(30)29-8-7-11-15(9-29)26-10-27-18(11)14-5-2-6-16(22)28-14;20-16-11(4-5-12(22)17(16)21)19(28)27-7-6-10-14(8-27)24-9-25-18(10)13-2-1-3-15(23)26-13/h4-8,13H,9-12H2,1-3H3;1-6,10H,7-9H2;1-5,9H,6-8H2/t13-;;/m1../s1. The maximum Gasteiger partial charge on any atom is 0.417 e. The lowest BCUT2D eigenvalue weighted by atomic mass is 9.95. The number of nitrogens with zero attached hydrogens (tertiary/aromatic N) is 13. The fraction of sp³-hybridized carbons (Fsp3) is 0.258. The molecule has 17 nitrogen and oxygen atoms in total. The zero-order chi connectivity index (χ0) is 65.9. The minimum atomic E-state index is -4.66. The Balaban J connectivity index is 0.000000152. The first-order valence-corrected chi connectivity index (χ1v) is 29.4. The predicted octanol–water partition coefficient (Wildman–Crippen LogP) is 13.4. The molecule has 3 amide bonds. The molecule has 0 N–H and O–H groups in total. The Morgan fingerprint density at radius 2 is 1.07 bits per heavy atom. The van der Waals surface area contributed by atoms with Gasteiger partial charge in [0.05, 0.1) is 126 Å². The molecule has 0 saturated carbocycles. The lowest BCUT2D eigenvalue weighted by Gasteiger charge is -2.35. The van der Waals surface area contributed by atoms with E-state index in [4.69, 9.17) is 51.1 Å². The van der Waals surface area contributed by atoms with E-state index in [0.717, 1.165) is 41.0 Å². The number of carbonyl (C=O) groups excluding carboxylic acids is 3. The van der Waals surface area contributed by atoms with Crippen LogP contribution < -0.4 is 0 Å². The van der Waals surface area contributed by atoms with Crippen molar-refractivity contribution in [1.29, 1.82) is 0 Å². The van der Waals surface area contributed by atoms with Crippen LogP contribution in [0.25, 0.3) is 34.2 Å². The first kappa shape index (κ1) is 66.2. The van der Waals surface area contributed by atoms with Gasteiger partial charge < -0.3 is 19.4 Å². The molecule has 3 aliphatic rings. The average Bonchev–Trinajstić information content (AvgIpc) is 1.13. The van der Waals surface area contributed by atoms with E-state index in [1.54, 1.807) is 41.8 Å². The van der Waals surface area contributed by atoms with Crippen LogP contribution in [0.15, 0.2) is 110 Å². The SMILES string of the molecule is COCCn1ccc(-c2nc(C)nc3c2C[C@@H](C)N(C(=O)c2cccc(C(F)(F)F)c2Cl)C3)n1.O=C(c1ccc(F)c(Cl)c1Cl)N1CCc2c(ncnc2-c2cccc(F)n2)C1.O=C(c1cccc(C(F)(F)F)c1Cl)N1CCc2c(ncnc2-c2cccc(F)n2)C1. The number of fused-ring (bicyclic) bond motifs is 3. The molecule has 0 spiro atoms. The largest absolute Gasteiger partial charge is 0.417 e. The monoisotopic (exact) mass is 1350 g/mol. The number of carbonyl (C=O) groups is 3. The van der Waals surface area contributed by atoms with Crippen molar-refractivity contribution < 1.29 is 58.6 Å². The van der Waals surface area contributed by atoms with E-state index in [1.807, 2.05) is 19.2 Å². The van der Waals surface area contributed by atoms with Gasteiger partial charge in [-0.3, -0.25) is 19.1 Å². The second kappa shape index (κ2) is 27.6. The van der Waals surface area contributed by atoms with Gasteiger partial charge >= 0.3 is 12.4 Å². The fourth-order valence-electron chi connectivity index (χ4n) is 10.6. The van der Waals surface area contributed by atoms with Gasteiger partial charge in [0.25, 0.3) is 17.7 Å². The molecule has 9 aromatic rings. The predicted molar refractivity (Wildman–Crippen MR) is 320 cm³/mol. The number of benzene rings is 3. The number of methoxy groups -OCH3 is 1. The number of aromatic nitrogens is 10. The molecule has 0 fully saturated rings. The maximum absolute atomic E-state index is 13.5. The Kier molecular flexibility index (Phi) is 19.9. The van der Waals surface area contributed by atoms with E-state index in [9.17, 15) is 53.9 Å². The summed E-state index contributed by atoms with van der Waals surface area (Å²) in [5.74, 6) is -2.99. The minimum absolute atomic E-state index is 0.0611. The molecule has 3 aliphatic heterocycles. The molecular weight excluding hydrogens is 1300 g/mol. The summed E-state index contributed by atoms with van der Waals surface area (Å²) in [6, 6.07) is 19.4. The smallest absolute Gasteiger partial charge is 0.383 e. The second-order valence-electron chi connectivity index (χ2n) is 21.0. The first-order valence-electron chi connectivity index (χ1n) is 27.9. The number of alkyl halides is 6. The number of aryl methyl sites for hydroxylation is 1. The van der Waals surface area contributed by atoms with Gasteiger partial charge in [0.2, 0.25) is 11.9 Å². The van der Waals surface area contributed by atoms with Crippen LogP contribution in [0.2, 0.25) is 20.1 Å². The molecule has 476 valence electrons. The third-order valence-electron chi connectivity index (χ3n) is 15.1. The van der Waals surface area contributed by atoms with Gasteiger partial charge in [-0.1, -0.05) is 70.7 Å². The van der Waals surface area contributed by atoms with Gasteiger partial charge in [0.15, 0.2) is 0 Å². The van der Waals surface area contributed by atoms with Gasteiger partial charge in [-0.2, -0.15) is 40.2 Å². The van der Waals surface area contributed by atoms with Crippen molar-refractivity contribution >= 4 is 64.1 Å². The van der Waals surface area contributed by atoms with E-state index < -0.39 is 63.1 Å². The van der Waals surface area contributed by atoms with Crippen LogP contribution in [0.4, 0.5) is 39.5 Å². The summed E-state index contributed by atoms with van der Waals surface area (Å²) < 4.78 is 127. The third-order valence-corrected chi connectivity index (χ3v) is 16.7.